The maximum atomic E-state index is 12.2. The third kappa shape index (κ3) is 5.12. The zero-order valence-corrected chi connectivity index (χ0v) is 17.0. The first-order valence-corrected chi connectivity index (χ1v) is 10.8. The van der Waals surface area contributed by atoms with Crippen LogP contribution in [0.4, 0.5) is 0 Å². The van der Waals surface area contributed by atoms with Gasteiger partial charge in [-0.3, -0.25) is 19.4 Å². The molecule has 0 radical (unpaired) electrons. The van der Waals surface area contributed by atoms with Crippen LogP contribution in [0.1, 0.15) is 17.2 Å². The molecular weight excluding hydrogens is 384 g/mol. The SMILES string of the molecule is O=C(CN1CCN(C(c2ccccc2)c2ccccc2)CC1)N=C1NC(=O)CS1. The van der Waals surface area contributed by atoms with Gasteiger partial charge in [-0.25, -0.2) is 0 Å². The van der Waals surface area contributed by atoms with Crippen molar-refractivity contribution in [3.63, 3.8) is 0 Å². The van der Waals surface area contributed by atoms with Crippen LogP contribution in [0.3, 0.4) is 0 Å². The molecule has 2 aliphatic rings. The molecule has 0 saturated carbocycles. The lowest BCUT2D eigenvalue weighted by Crippen LogP contribution is -2.49. The predicted octanol–water partition coefficient (Wildman–Crippen LogP) is 2.14. The third-order valence-electron chi connectivity index (χ3n) is 5.17. The van der Waals surface area contributed by atoms with Gasteiger partial charge in [0.05, 0.1) is 18.3 Å². The second-order valence-corrected chi connectivity index (χ2v) is 8.15. The molecule has 2 aromatic rings. The van der Waals surface area contributed by atoms with Crippen molar-refractivity contribution >= 4 is 28.7 Å². The molecule has 1 N–H and O–H groups in total. The molecule has 2 aromatic carbocycles. The molecule has 0 bridgehead atoms. The van der Waals surface area contributed by atoms with Gasteiger partial charge in [0, 0.05) is 26.2 Å². The minimum absolute atomic E-state index is 0.0944. The van der Waals surface area contributed by atoms with E-state index in [0.29, 0.717) is 10.9 Å². The molecule has 2 heterocycles. The molecule has 2 aliphatic heterocycles. The molecule has 0 unspecified atom stereocenters. The van der Waals surface area contributed by atoms with E-state index >= 15 is 0 Å². The van der Waals surface area contributed by atoms with E-state index in [4.69, 9.17) is 0 Å². The van der Waals surface area contributed by atoms with Crippen molar-refractivity contribution in [1.29, 1.82) is 0 Å². The van der Waals surface area contributed by atoms with Crippen LogP contribution in [-0.4, -0.2) is 65.3 Å². The molecule has 0 aliphatic carbocycles. The highest BCUT2D eigenvalue weighted by atomic mass is 32.2. The number of rotatable bonds is 5. The Hall–Kier alpha value is -2.48. The van der Waals surface area contributed by atoms with Gasteiger partial charge in [-0.05, 0) is 11.1 Å². The van der Waals surface area contributed by atoms with Crippen molar-refractivity contribution < 1.29 is 9.59 Å². The monoisotopic (exact) mass is 408 g/mol. The summed E-state index contributed by atoms with van der Waals surface area (Å²) in [7, 11) is 0. The summed E-state index contributed by atoms with van der Waals surface area (Å²) in [5.41, 5.74) is 2.56. The Morgan fingerprint density at radius 1 is 0.966 bits per heavy atom. The lowest BCUT2D eigenvalue weighted by molar-refractivity contribution is -0.119. The highest BCUT2D eigenvalue weighted by Crippen LogP contribution is 2.29. The number of carbonyl (C=O) groups excluding carboxylic acids is 2. The first kappa shape index (κ1) is 19.8. The van der Waals surface area contributed by atoms with E-state index in [2.05, 4.69) is 68.6 Å². The molecule has 6 nitrogen and oxygen atoms in total. The lowest BCUT2D eigenvalue weighted by Gasteiger charge is -2.39. The summed E-state index contributed by atoms with van der Waals surface area (Å²) < 4.78 is 0. The van der Waals surface area contributed by atoms with Crippen LogP contribution < -0.4 is 5.32 Å². The second-order valence-electron chi connectivity index (χ2n) is 7.18. The van der Waals surface area contributed by atoms with Gasteiger partial charge in [0.25, 0.3) is 5.91 Å². The van der Waals surface area contributed by atoms with Crippen molar-refractivity contribution in [3.8, 4) is 0 Å². The number of thioether (sulfide) groups is 1. The molecule has 0 aromatic heterocycles. The minimum Gasteiger partial charge on any atom is -0.304 e. The van der Waals surface area contributed by atoms with E-state index in [1.165, 1.54) is 22.9 Å². The Kier molecular flexibility index (Phi) is 6.39. The molecule has 0 spiro atoms. The van der Waals surface area contributed by atoms with Gasteiger partial charge in [-0.15, -0.1) is 0 Å². The predicted molar refractivity (Wildman–Crippen MR) is 116 cm³/mol. The maximum absolute atomic E-state index is 12.2. The molecule has 2 amide bonds. The van der Waals surface area contributed by atoms with Gasteiger partial charge < -0.3 is 5.32 Å². The first-order chi connectivity index (χ1) is 14.2. The Balaban J connectivity index is 1.39. The molecule has 4 rings (SSSR count). The normalized spacial score (nSPS) is 19.6. The number of benzene rings is 2. The highest BCUT2D eigenvalue weighted by molar-refractivity contribution is 8.15. The molecule has 7 heteroatoms. The molecule has 2 saturated heterocycles. The average molecular weight is 409 g/mol. The van der Waals surface area contributed by atoms with Crippen LogP contribution in [-0.2, 0) is 9.59 Å². The molecule has 2 fully saturated rings. The summed E-state index contributed by atoms with van der Waals surface area (Å²) in [6.45, 7) is 3.67. The van der Waals surface area contributed by atoms with Gasteiger partial charge in [-0.2, -0.15) is 4.99 Å². The van der Waals surface area contributed by atoms with Crippen LogP contribution in [0.2, 0.25) is 0 Å². The fourth-order valence-electron chi connectivity index (χ4n) is 3.79. The average Bonchev–Trinajstić information content (AvgIpc) is 3.15. The Morgan fingerprint density at radius 2 is 1.55 bits per heavy atom. The third-order valence-corrected chi connectivity index (χ3v) is 6.05. The Bertz CT molecular complexity index is 841. The summed E-state index contributed by atoms with van der Waals surface area (Å²) in [6, 6.07) is 21.3. The van der Waals surface area contributed by atoms with Crippen molar-refractivity contribution in [1.82, 2.24) is 15.1 Å². The van der Waals surface area contributed by atoms with Gasteiger partial charge in [0.1, 0.15) is 0 Å². The summed E-state index contributed by atoms with van der Waals surface area (Å²) in [5, 5.41) is 3.03. The number of nitrogens with one attached hydrogen (secondary N) is 1. The summed E-state index contributed by atoms with van der Waals surface area (Å²) >= 11 is 1.28. The topological polar surface area (TPSA) is 65.0 Å². The standard InChI is InChI=1S/C22H24N4O2S/c27-19(23-22-24-20(28)16-29-22)15-25-11-13-26(14-12-25)21(17-7-3-1-4-8-17)18-9-5-2-6-10-18/h1-10,21H,11-16H2,(H,23,24,27,28). The zero-order chi connectivity index (χ0) is 20.1. The number of nitrogens with zero attached hydrogens (tertiary/aromatic N) is 3. The van der Waals surface area contributed by atoms with E-state index in [-0.39, 0.29) is 24.4 Å². The number of amides is 2. The van der Waals surface area contributed by atoms with Crippen LogP contribution in [0, 0.1) is 0 Å². The fraction of sp³-hybridized carbons (Fsp3) is 0.318. The van der Waals surface area contributed by atoms with Gasteiger partial charge >= 0.3 is 0 Å². The summed E-state index contributed by atoms with van der Waals surface area (Å²) in [4.78, 5) is 32.1. The largest absolute Gasteiger partial charge is 0.304 e. The lowest BCUT2D eigenvalue weighted by atomic mass is 9.96. The van der Waals surface area contributed by atoms with Crippen molar-refractivity contribution in [2.45, 2.75) is 6.04 Å². The molecular formula is C22H24N4O2S. The number of hydrogen-bond donors (Lipinski definition) is 1. The van der Waals surface area contributed by atoms with Gasteiger partial charge in [-0.1, -0.05) is 72.4 Å². The fourth-order valence-corrected chi connectivity index (χ4v) is 4.48. The van der Waals surface area contributed by atoms with E-state index < -0.39 is 0 Å². The quantitative estimate of drug-likeness (QED) is 0.821. The van der Waals surface area contributed by atoms with Crippen LogP contribution in [0.5, 0.6) is 0 Å². The van der Waals surface area contributed by atoms with Crippen molar-refractivity contribution in [2.24, 2.45) is 4.99 Å². The minimum atomic E-state index is -0.203. The summed E-state index contributed by atoms with van der Waals surface area (Å²) in [6.07, 6.45) is 0. The number of piperazine rings is 1. The number of amidine groups is 1. The molecule has 0 atom stereocenters. The number of hydrogen-bond acceptors (Lipinski definition) is 5. The van der Waals surface area contributed by atoms with E-state index in [0.717, 1.165) is 26.2 Å². The van der Waals surface area contributed by atoms with E-state index in [9.17, 15) is 9.59 Å². The molecule has 29 heavy (non-hydrogen) atoms. The van der Waals surface area contributed by atoms with Gasteiger partial charge in [0.2, 0.25) is 5.91 Å². The highest BCUT2D eigenvalue weighted by Gasteiger charge is 2.27. The van der Waals surface area contributed by atoms with Crippen LogP contribution in [0.15, 0.2) is 65.7 Å². The number of carbonyl (C=O) groups is 2. The van der Waals surface area contributed by atoms with Crippen molar-refractivity contribution in [2.75, 3.05) is 38.5 Å². The first-order valence-electron chi connectivity index (χ1n) is 9.79. The van der Waals surface area contributed by atoms with E-state index in [1.54, 1.807) is 0 Å². The summed E-state index contributed by atoms with van der Waals surface area (Å²) in [5.74, 6) is 0.0411. The van der Waals surface area contributed by atoms with Gasteiger partial charge in [0.15, 0.2) is 5.17 Å². The van der Waals surface area contributed by atoms with Crippen LogP contribution in [0.25, 0.3) is 0 Å². The van der Waals surface area contributed by atoms with Crippen molar-refractivity contribution in [3.05, 3.63) is 71.8 Å². The zero-order valence-electron chi connectivity index (χ0n) is 16.2. The Morgan fingerprint density at radius 3 is 2.07 bits per heavy atom. The molecule has 150 valence electrons. The Labute approximate surface area is 175 Å². The van der Waals surface area contributed by atoms with Crippen LogP contribution >= 0.6 is 11.8 Å². The number of aliphatic imine (C=N–C) groups is 1. The second kappa shape index (κ2) is 9.35. The smallest absolute Gasteiger partial charge is 0.262 e. The van der Waals surface area contributed by atoms with E-state index in [1.807, 2.05) is 12.1 Å². The maximum Gasteiger partial charge on any atom is 0.262 e.